The average molecular weight is 295 g/mol. The second kappa shape index (κ2) is 5.92. The first-order chi connectivity index (χ1) is 7.16. The van der Waals surface area contributed by atoms with Crippen LogP contribution in [0, 0.1) is 10.1 Å². The van der Waals surface area contributed by atoms with Crippen LogP contribution in [0.25, 0.3) is 0 Å². The Hall–Kier alpha value is -0.810. The Morgan fingerprint density at radius 3 is 2.87 bits per heavy atom. The van der Waals surface area contributed by atoms with E-state index in [0.29, 0.717) is 23.4 Å². The molecule has 0 saturated heterocycles. The number of ether oxygens (including phenoxy) is 1. The number of hydrogen-bond donors (Lipinski definition) is 0. The third kappa shape index (κ3) is 3.35. The van der Waals surface area contributed by atoms with Gasteiger partial charge in [0.15, 0.2) is 0 Å². The first kappa shape index (κ1) is 12.3. The second-order valence-electron chi connectivity index (χ2n) is 2.74. The summed E-state index contributed by atoms with van der Waals surface area (Å²) in [5.41, 5.74) is -0.0426. The first-order valence-corrected chi connectivity index (χ1v) is 5.61. The molecule has 0 aliphatic heterocycles. The van der Waals surface area contributed by atoms with Gasteiger partial charge < -0.3 is 4.74 Å². The van der Waals surface area contributed by atoms with Gasteiger partial charge >= 0.3 is 5.69 Å². The van der Waals surface area contributed by atoms with Gasteiger partial charge in [-0.05, 0) is 28.4 Å². The summed E-state index contributed by atoms with van der Waals surface area (Å²) in [7, 11) is 0. The highest BCUT2D eigenvalue weighted by atomic mass is 79.9. The van der Waals surface area contributed by atoms with Gasteiger partial charge in [-0.3, -0.25) is 10.1 Å². The van der Waals surface area contributed by atoms with Crippen molar-refractivity contribution in [3.05, 3.63) is 32.8 Å². The molecule has 0 aliphatic carbocycles. The number of nitrogens with zero attached hydrogens (tertiary/aromatic N) is 1. The highest BCUT2D eigenvalue weighted by Gasteiger charge is 2.17. The number of alkyl halides is 1. The van der Waals surface area contributed by atoms with E-state index in [2.05, 4.69) is 15.9 Å². The molecule has 1 aromatic carbocycles. The number of para-hydroxylation sites is 1. The van der Waals surface area contributed by atoms with Crippen molar-refractivity contribution in [3.63, 3.8) is 0 Å². The summed E-state index contributed by atoms with van der Waals surface area (Å²) < 4.78 is 5.87. The van der Waals surface area contributed by atoms with E-state index in [0.717, 1.165) is 0 Å². The molecular weight excluding hydrogens is 285 g/mol. The number of halogens is 2. The minimum atomic E-state index is -0.471. The molecule has 6 heteroatoms. The third-order valence-electron chi connectivity index (χ3n) is 1.67. The summed E-state index contributed by atoms with van der Waals surface area (Å²) in [6.45, 7) is 0.368. The molecule has 4 nitrogen and oxygen atoms in total. The van der Waals surface area contributed by atoms with Crippen LogP contribution in [0.5, 0.6) is 5.75 Å². The predicted octanol–water partition coefficient (Wildman–Crippen LogP) is 3.37. The van der Waals surface area contributed by atoms with Crippen molar-refractivity contribution in [3.8, 4) is 5.75 Å². The molecule has 0 saturated carbocycles. The summed E-state index contributed by atoms with van der Waals surface area (Å²) in [5, 5.41) is 10.7. The summed E-state index contributed by atoms with van der Waals surface area (Å²) >= 11 is 8.69. The minimum Gasteiger partial charge on any atom is -0.486 e. The van der Waals surface area contributed by atoms with Crippen molar-refractivity contribution < 1.29 is 9.66 Å². The van der Waals surface area contributed by atoms with Crippen LogP contribution in [-0.4, -0.2) is 17.4 Å². The Balaban J connectivity index is 2.87. The van der Waals surface area contributed by atoms with E-state index in [1.54, 1.807) is 12.1 Å². The van der Waals surface area contributed by atoms with Crippen LogP contribution < -0.4 is 4.74 Å². The van der Waals surface area contributed by atoms with Crippen molar-refractivity contribution >= 4 is 33.2 Å². The largest absolute Gasteiger partial charge is 0.486 e. The summed E-state index contributed by atoms with van der Waals surface area (Å²) in [6.07, 6.45) is 0.653. The van der Waals surface area contributed by atoms with Gasteiger partial charge in [-0.25, -0.2) is 0 Å². The van der Waals surface area contributed by atoms with Crippen LogP contribution in [-0.2, 0) is 0 Å². The van der Waals surface area contributed by atoms with Gasteiger partial charge in [-0.1, -0.05) is 6.07 Å². The second-order valence-corrected chi connectivity index (χ2v) is 3.97. The molecule has 0 radical (unpaired) electrons. The Morgan fingerprint density at radius 1 is 1.53 bits per heavy atom. The lowest BCUT2D eigenvalue weighted by Crippen LogP contribution is -2.01. The lowest BCUT2D eigenvalue weighted by atomic mass is 10.3. The van der Waals surface area contributed by atoms with Gasteiger partial charge in [0.2, 0.25) is 5.75 Å². The smallest absolute Gasteiger partial charge is 0.312 e. The standard InChI is InChI=1S/C9H9BrClNO3/c10-7-3-1-4-8(12(13)14)9(7)15-6-2-5-11/h1,3-4H,2,5-6H2. The van der Waals surface area contributed by atoms with Gasteiger partial charge in [0.05, 0.1) is 16.0 Å². The van der Waals surface area contributed by atoms with Crippen molar-refractivity contribution in [2.24, 2.45) is 0 Å². The van der Waals surface area contributed by atoms with E-state index in [-0.39, 0.29) is 11.4 Å². The summed E-state index contributed by atoms with van der Waals surface area (Å²) in [6, 6.07) is 4.69. The van der Waals surface area contributed by atoms with Crippen molar-refractivity contribution in [2.45, 2.75) is 6.42 Å². The van der Waals surface area contributed by atoms with Crippen LogP contribution in [0.2, 0.25) is 0 Å². The lowest BCUT2D eigenvalue weighted by molar-refractivity contribution is -0.386. The van der Waals surface area contributed by atoms with E-state index in [1.165, 1.54) is 6.07 Å². The van der Waals surface area contributed by atoms with Crippen molar-refractivity contribution in [1.29, 1.82) is 0 Å². The van der Waals surface area contributed by atoms with Crippen LogP contribution in [0.15, 0.2) is 22.7 Å². The third-order valence-corrected chi connectivity index (χ3v) is 2.56. The first-order valence-electron chi connectivity index (χ1n) is 4.28. The lowest BCUT2D eigenvalue weighted by Gasteiger charge is -2.07. The fourth-order valence-electron chi connectivity index (χ4n) is 1.01. The molecular formula is C9H9BrClNO3. The minimum absolute atomic E-state index is 0.0426. The van der Waals surface area contributed by atoms with Crippen LogP contribution >= 0.6 is 27.5 Å². The van der Waals surface area contributed by atoms with E-state index in [1.807, 2.05) is 0 Å². The van der Waals surface area contributed by atoms with E-state index < -0.39 is 4.92 Å². The van der Waals surface area contributed by atoms with Gasteiger partial charge in [-0.2, -0.15) is 0 Å². The van der Waals surface area contributed by atoms with Gasteiger partial charge in [0, 0.05) is 11.9 Å². The molecule has 0 aliphatic rings. The maximum Gasteiger partial charge on any atom is 0.312 e. The number of rotatable bonds is 5. The zero-order chi connectivity index (χ0) is 11.3. The molecule has 15 heavy (non-hydrogen) atoms. The Kier molecular flexibility index (Phi) is 4.84. The Morgan fingerprint density at radius 2 is 2.27 bits per heavy atom. The fourth-order valence-corrected chi connectivity index (χ4v) is 1.59. The van der Waals surface area contributed by atoms with Gasteiger partial charge in [-0.15, -0.1) is 11.6 Å². The number of hydrogen-bond acceptors (Lipinski definition) is 3. The van der Waals surface area contributed by atoms with Gasteiger partial charge in [0.1, 0.15) is 0 Å². The monoisotopic (exact) mass is 293 g/mol. The molecule has 0 unspecified atom stereocenters. The Labute approximate surface area is 100 Å². The molecule has 82 valence electrons. The maximum absolute atomic E-state index is 10.7. The summed E-state index contributed by atoms with van der Waals surface area (Å²) in [5.74, 6) is 0.728. The number of nitro groups is 1. The molecule has 0 amide bonds. The van der Waals surface area contributed by atoms with Crippen LogP contribution in [0.3, 0.4) is 0 Å². The zero-order valence-corrected chi connectivity index (χ0v) is 10.1. The van der Waals surface area contributed by atoms with Crippen LogP contribution in [0.4, 0.5) is 5.69 Å². The van der Waals surface area contributed by atoms with Crippen LogP contribution in [0.1, 0.15) is 6.42 Å². The number of nitro benzene ring substituents is 1. The predicted molar refractivity (Wildman–Crippen MR) is 61.6 cm³/mol. The normalized spacial score (nSPS) is 10.0. The number of benzene rings is 1. The van der Waals surface area contributed by atoms with Gasteiger partial charge in [0.25, 0.3) is 0 Å². The van der Waals surface area contributed by atoms with Crippen molar-refractivity contribution in [1.82, 2.24) is 0 Å². The maximum atomic E-state index is 10.7. The highest BCUT2D eigenvalue weighted by Crippen LogP contribution is 2.34. The molecule has 0 N–H and O–H groups in total. The van der Waals surface area contributed by atoms with E-state index in [4.69, 9.17) is 16.3 Å². The topological polar surface area (TPSA) is 52.4 Å². The van der Waals surface area contributed by atoms with Crippen molar-refractivity contribution in [2.75, 3.05) is 12.5 Å². The van der Waals surface area contributed by atoms with E-state index >= 15 is 0 Å². The fraction of sp³-hybridized carbons (Fsp3) is 0.333. The molecule has 0 bridgehead atoms. The molecule has 0 heterocycles. The SMILES string of the molecule is O=[N+]([O-])c1cccc(Br)c1OCCCCl. The highest BCUT2D eigenvalue weighted by molar-refractivity contribution is 9.10. The quantitative estimate of drug-likeness (QED) is 0.362. The summed E-state index contributed by atoms with van der Waals surface area (Å²) in [4.78, 5) is 10.2. The molecule has 0 fully saturated rings. The molecule has 0 aromatic heterocycles. The average Bonchev–Trinajstić information content (AvgIpc) is 2.20. The molecule has 0 atom stereocenters. The molecule has 1 rings (SSSR count). The molecule has 1 aromatic rings. The Bertz CT molecular complexity index is 359. The zero-order valence-electron chi connectivity index (χ0n) is 7.78. The van der Waals surface area contributed by atoms with E-state index in [9.17, 15) is 10.1 Å². The molecule has 0 spiro atoms.